The topological polar surface area (TPSA) is 17.8 Å². The van der Waals surface area contributed by atoms with Gasteiger partial charge in [0, 0.05) is 17.8 Å². The highest BCUT2D eigenvalue weighted by Crippen LogP contribution is 2.29. The zero-order chi connectivity index (χ0) is 13.5. The molecule has 0 aliphatic heterocycles. The number of hydrogen-bond acceptors (Lipinski definition) is 1. The van der Waals surface area contributed by atoms with Gasteiger partial charge in [-0.1, -0.05) is 0 Å². The van der Waals surface area contributed by atoms with Crippen LogP contribution in [0.15, 0.2) is 18.2 Å². The normalized spacial score (nSPS) is 11.9. The molecule has 1 heterocycles. The van der Waals surface area contributed by atoms with Gasteiger partial charge in [0.15, 0.2) is 5.69 Å². The molecule has 1 aromatic carbocycles. The third-order valence-corrected chi connectivity index (χ3v) is 2.21. The summed E-state index contributed by atoms with van der Waals surface area (Å²) in [5.41, 5.74) is -1.13. The highest BCUT2D eigenvalue weighted by molar-refractivity contribution is 5.34. The Kier molecular flexibility index (Phi) is 2.84. The highest BCUT2D eigenvalue weighted by atomic mass is 19.4. The summed E-state index contributed by atoms with van der Waals surface area (Å²) in [7, 11) is 0. The molecule has 0 N–H and O–H groups in total. The van der Waals surface area contributed by atoms with E-state index in [1.165, 1.54) is 6.92 Å². The van der Waals surface area contributed by atoms with Crippen LogP contribution in [0.2, 0.25) is 0 Å². The molecule has 0 unspecified atom stereocenters. The Hall–Kier alpha value is -1.92. The van der Waals surface area contributed by atoms with Gasteiger partial charge in [0.05, 0.1) is 11.8 Å². The van der Waals surface area contributed by atoms with Crippen molar-refractivity contribution in [2.24, 2.45) is 0 Å². The minimum Gasteiger partial charge on any atom is -0.237 e. The van der Waals surface area contributed by atoms with Crippen LogP contribution in [-0.2, 0) is 6.18 Å². The van der Waals surface area contributed by atoms with E-state index < -0.39 is 23.5 Å². The van der Waals surface area contributed by atoms with E-state index in [2.05, 4.69) is 5.10 Å². The van der Waals surface area contributed by atoms with Gasteiger partial charge in [-0.2, -0.15) is 18.3 Å². The molecule has 0 atom stereocenters. The van der Waals surface area contributed by atoms with Crippen molar-refractivity contribution in [2.75, 3.05) is 0 Å². The Labute approximate surface area is 98.7 Å². The second-order valence-electron chi connectivity index (χ2n) is 3.61. The van der Waals surface area contributed by atoms with E-state index in [0.29, 0.717) is 0 Å². The van der Waals surface area contributed by atoms with Gasteiger partial charge in [-0.05, 0) is 13.0 Å². The molecule has 0 fully saturated rings. The highest BCUT2D eigenvalue weighted by Gasteiger charge is 2.34. The molecule has 0 spiro atoms. The number of halogens is 5. The van der Waals surface area contributed by atoms with E-state index >= 15 is 0 Å². The smallest absolute Gasteiger partial charge is 0.237 e. The maximum atomic E-state index is 12.9. The molecule has 18 heavy (non-hydrogen) atoms. The lowest BCUT2D eigenvalue weighted by Gasteiger charge is -2.05. The van der Waals surface area contributed by atoms with Crippen LogP contribution in [0, 0.1) is 24.6 Å². The predicted molar refractivity (Wildman–Crippen MR) is 52.1 cm³/mol. The molecular weight excluding hydrogens is 255 g/mol. The number of rotatable bonds is 1. The monoisotopic (exact) mass is 261 g/mol. The third kappa shape index (κ3) is 2.34. The van der Waals surface area contributed by atoms with Crippen molar-refractivity contribution >= 4 is 0 Å². The molecule has 0 aliphatic rings. The van der Waals surface area contributed by atoms with Crippen LogP contribution in [0.4, 0.5) is 22.0 Å². The molecule has 1 aromatic heterocycles. The first-order valence-corrected chi connectivity index (χ1v) is 4.80. The Bertz CT molecular complexity index is 565. The van der Waals surface area contributed by atoms with Gasteiger partial charge in [0.1, 0.15) is 11.6 Å². The van der Waals surface area contributed by atoms with Crippen LogP contribution in [0.5, 0.6) is 0 Å². The Morgan fingerprint density at radius 1 is 1.11 bits per heavy atom. The summed E-state index contributed by atoms with van der Waals surface area (Å²) >= 11 is 0. The summed E-state index contributed by atoms with van der Waals surface area (Å²) in [6.07, 6.45) is -4.60. The number of alkyl halides is 3. The number of aromatic nitrogens is 2. The summed E-state index contributed by atoms with van der Waals surface area (Å²) < 4.78 is 64.0. The fourth-order valence-corrected chi connectivity index (χ4v) is 1.48. The van der Waals surface area contributed by atoms with Crippen molar-refractivity contribution in [3.63, 3.8) is 0 Å². The molecule has 7 heteroatoms. The molecule has 95 valence electrons. The van der Waals surface area contributed by atoms with Crippen LogP contribution in [0.25, 0.3) is 5.69 Å². The first-order chi connectivity index (χ1) is 8.27. The van der Waals surface area contributed by atoms with Gasteiger partial charge < -0.3 is 0 Å². The molecule has 0 aliphatic carbocycles. The van der Waals surface area contributed by atoms with Gasteiger partial charge in [0.25, 0.3) is 0 Å². The summed E-state index contributed by atoms with van der Waals surface area (Å²) in [5, 5.41) is 3.28. The summed E-state index contributed by atoms with van der Waals surface area (Å²) in [4.78, 5) is 0. The van der Waals surface area contributed by atoms with Crippen molar-refractivity contribution < 1.29 is 22.0 Å². The van der Waals surface area contributed by atoms with Gasteiger partial charge >= 0.3 is 6.18 Å². The van der Waals surface area contributed by atoms with Crippen LogP contribution in [-0.4, -0.2) is 9.78 Å². The molecule has 0 amide bonds. The molecule has 2 rings (SSSR count). The summed E-state index contributed by atoms with van der Waals surface area (Å²) in [6, 6.07) is 4.24. The van der Waals surface area contributed by atoms with E-state index in [1.807, 2.05) is 0 Å². The van der Waals surface area contributed by atoms with Crippen molar-refractivity contribution in [3.8, 4) is 5.69 Å². The Balaban J connectivity index is 2.54. The molecule has 2 aromatic rings. The van der Waals surface area contributed by atoms with Crippen molar-refractivity contribution in [1.82, 2.24) is 9.78 Å². The molecule has 1 radical (unpaired) electrons. The van der Waals surface area contributed by atoms with E-state index in [-0.39, 0.29) is 11.4 Å². The second-order valence-corrected chi connectivity index (χ2v) is 3.61. The van der Waals surface area contributed by atoms with Gasteiger partial charge in [-0.25, -0.2) is 13.5 Å². The van der Waals surface area contributed by atoms with E-state index in [9.17, 15) is 22.0 Å². The average molecular weight is 261 g/mol. The Morgan fingerprint density at radius 2 is 1.67 bits per heavy atom. The fourth-order valence-electron chi connectivity index (χ4n) is 1.48. The SMILES string of the molecule is Cc1cc(C(F)(F)F)nn1-c1cc(F)[c]c(F)c1. The first kappa shape index (κ1) is 12.5. The number of nitrogens with zero attached hydrogens (tertiary/aromatic N) is 2. The molecule has 0 bridgehead atoms. The van der Waals surface area contributed by atoms with Crippen LogP contribution in [0.1, 0.15) is 11.4 Å². The van der Waals surface area contributed by atoms with E-state index in [1.54, 1.807) is 6.07 Å². The van der Waals surface area contributed by atoms with Crippen molar-refractivity contribution in [2.45, 2.75) is 13.1 Å². The fraction of sp³-hybridized carbons (Fsp3) is 0.182. The van der Waals surface area contributed by atoms with Crippen molar-refractivity contribution in [1.29, 1.82) is 0 Å². The van der Waals surface area contributed by atoms with E-state index in [0.717, 1.165) is 22.9 Å². The Morgan fingerprint density at radius 3 is 2.11 bits per heavy atom. The van der Waals surface area contributed by atoms with E-state index in [4.69, 9.17) is 0 Å². The third-order valence-electron chi connectivity index (χ3n) is 2.21. The zero-order valence-corrected chi connectivity index (χ0v) is 9.02. The molecule has 0 saturated carbocycles. The van der Waals surface area contributed by atoms with Crippen LogP contribution >= 0.6 is 0 Å². The number of aryl methyl sites for hydroxylation is 1. The van der Waals surface area contributed by atoms with Gasteiger partial charge in [-0.3, -0.25) is 0 Å². The van der Waals surface area contributed by atoms with Gasteiger partial charge in [0.2, 0.25) is 0 Å². The van der Waals surface area contributed by atoms with Crippen LogP contribution in [0.3, 0.4) is 0 Å². The molecular formula is C11H6F5N2. The largest absolute Gasteiger partial charge is 0.435 e. The lowest BCUT2D eigenvalue weighted by Crippen LogP contribution is -2.07. The summed E-state index contributed by atoms with van der Waals surface area (Å²) in [5.74, 6) is -2.01. The second kappa shape index (κ2) is 4.08. The van der Waals surface area contributed by atoms with Crippen molar-refractivity contribution in [3.05, 3.63) is 47.3 Å². The van der Waals surface area contributed by atoms with Crippen LogP contribution < -0.4 is 0 Å². The molecule has 0 saturated heterocycles. The van der Waals surface area contributed by atoms with Gasteiger partial charge in [-0.15, -0.1) is 0 Å². The zero-order valence-electron chi connectivity index (χ0n) is 9.02. The standard InChI is InChI=1S/C11H6F5N2/c1-6-2-10(11(14,15)16)17-18(6)9-4-7(12)3-8(13)5-9/h2,4-5H,1H3. The molecule has 2 nitrogen and oxygen atoms in total. The number of hydrogen-bond donors (Lipinski definition) is 0. The quantitative estimate of drug-likeness (QED) is 0.720. The number of benzene rings is 1. The predicted octanol–water partition coefficient (Wildman–Crippen LogP) is 3.28. The first-order valence-electron chi connectivity index (χ1n) is 4.80. The average Bonchev–Trinajstić information content (AvgIpc) is 2.58. The maximum absolute atomic E-state index is 12.9. The maximum Gasteiger partial charge on any atom is 0.435 e. The minimum absolute atomic E-state index is 0.118. The lowest BCUT2D eigenvalue weighted by atomic mass is 10.3. The lowest BCUT2D eigenvalue weighted by molar-refractivity contribution is -0.141. The summed E-state index contributed by atoms with van der Waals surface area (Å²) in [6.45, 7) is 1.36. The minimum atomic E-state index is -4.60.